The number of rotatable bonds is 7. The molecule has 2 nitrogen and oxygen atoms in total. The smallest absolute Gasteiger partial charge is 0.127 e. The molecule has 0 amide bonds. The van der Waals surface area contributed by atoms with Crippen LogP contribution in [0.1, 0.15) is 5.56 Å². The molecule has 3 heteroatoms. The predicted octanol–water partition coefficient (Wildman–Crippen LogP) is 4.11. The van der Waals surface area contributed by atoms with Crippen LogP contribution in [-0.2, 0) is 6.42 Å². The van der Waals surface area contributed by atoms with Crippen molar-refractivity contribution in [2.45, 2.75) is 6.42 Å². The molecule has 0 spiro atoms. The third-order valence-electron chi connectivity index (χ3n) is 3.46. The molecule has 0 unspecified atom stereocenters. The van der Waals surface area contributed by atoms with Crippen LogP contribution in [0, 0.1) is 0 Å². The fourth-order valence-corrected chi connectivity index (χ4v) is 3.05. The van der Waals surface area contributed by atoms with Gasteiger partial charge < -0.3 is 10.1 Å². The molecule has 0 radical (unpaired) electrons. The van der Waals surface area contributed by atoms with E-state index in [1.165, 1.54) is 16.3 Å². The fraction of sp³-hybridized carbons (Fsp3) is 0.222. The molecule has 0 aliphatic rings. The quantitative estimate of drug-likeness (QED) is 0.663. The molecule has 0 saturated carbocycles. The molecule has 0 bridgehead atoms. The highest BCUT2D eigenvalue weighted by Crippen LogP contribution is 2.24. The normalized spacial score (nSPS) is 10.9. The Labute approximate surface area is 129 Å². The minimum atomic E-state index is 0.692. The van der Waals surface area contributed by atoms with Gasteiger partial charge >= 0.3 is 0 Å². The second kappa shape index (κ2) is 7.25. The first-order valence-corrected chi connectivity index (χ1v) is 8.20. The molecular formula is C18H19NOS. The average Bonchev–Trinajstić information content (AvgIpc) is 3.04. The van der Waals surface area contributed by atoms with Crippen molar-refractivity contribution in [1.29, 1.82) is 0 Å². The van der Waals surface area contributed by atoms with E-state index >= 15 is 0 Å². The molecule has 1 heterocycles. The largest absolute Gasteiger partial charge is 0.492 e. The van der Waals surface area contributed by atoms with Crippen LogP contribution < -0.4 is 10.1 Å². The Bertz CT molecular complexity index is 673. The molecular weight excluding hydrogens is 278 g/mol. The van der Waals surface area contributed by atoms with Crippen LogP contribution in [0.3, 0.4) is 0 Å². The van der Waals surface area contributed by atoms with Gasteiger partial charge in [0.25, 0.3) is 0 Å². The van der Waals surface area contributed by atoms with Crippen LogP contribution in [-0.4, -0.2) is 19.7 Å². The average molecular weight is 297 g/mol. The topological polar surface area (TPSA) is 21.3 Å². The lowest BCUT2D eigenvalue weighted by molar-refractivity contribution is 0.318. The molecule has 0 aliphatic heterocycles. The predicted molar refractivity (Wildman–Crippen MR) is 90.3 cm³/mol. The lowest BCUT2D eigenvalue weighted by Crippen LogP contribution is -2.23. The number of fused-ring (bicyclic) bond motifs is 1. The van der Waals surface area contributed by atoms with Gasteiger partial charge in [-0.1, -0.05) is 36.4 Å². The van der Waals surface area contributed by atoms with Gasteiger partial charge in [-0.2, -0.15) is 11.3 Å². The van der Waals surface area contributed by atoms with Crippen molar-refractivity contribution in [3.05, 3.63) is 64.9 Å². The van der Waals surface area contributed by atoms with Gasteiger partial charge in [0, 0.05) is 11.9 Å². The first kappa shape index (κ1) is 14.1. The van der Waals surface area contributed by atoms with Crippen LogP contribution in [0.2, 0.25) is 0 Å². The number of hydrogen-bond acceptors (Lipinski definition) is 3. The van der Waals surface area contributed by atoms with E-state index in [-0.39, 0.29) is 0 Å². The Morgan fingerprint density at radius 1 is 0.952 bits per heavy atom. The van der Waals surface area contributed by atoms with Crippen LogP contribution in [0.4, 0.5) is 0 Å². The van der Waals surface area contributed by atoms with Gasteiger partial charge in [0.05, 0.1) is 0 Å². The summed E-state index contributed by atoms with van der Waals surface area (Å²) in [4.78, 5) is 0. The van der Waals surface area contributed by atoms with Gasteiger partial charge in [-0.25, -0.2) is 0 Å². The summed E-state index contributed by atoms with van der Waals surface area (Å²) in [6.07, 6.45) is 1.08. The standard InChI is InChI=1S/C18H19NOS/c1-2-6-17-16(4-1)5-3-7-18(17)20-12-11-19-10-8-15-9-13-21-14-15/h1-7,9,13-14,19H,8,10-12H2. The van der Waals surface area contributed by atoms with Crippen molar-refractivity contribution < 1.29 is 4.74 Å². The maximum Gasteiger partial charge on any atom is 0.127 e. The summed E-state index contributed by atoms with van der Waals surface area (Å²) in [5, 5.41) is 10.1. The zero-order valence-electron chi connectivity index (χ0n) is 11.9. The van der Waals surface area contributed by atoms with Crippen LogP contribution in [0.5, 0.6) is 5.75 Å². The maximum absolute atomic E-state index is 5.90. The number of hydrogen-bond donors (Lipinski definition) is 1. The Morgan fingerprint density at radius 2 is 1.86 bits per heavy atom. The molecule has 3 aromatic rings. The minimum absolute atomic E-state index is 0.692. The maximum atomic E-state index is 5.90. The highest BCUT2D eigenvalue weighted by molar-refractivity contribution is 7.07. The highest BCUT2D eigenvalue weighted by Gasteiger charge is 2.00. The lowest BCUT2D eigenvalue weighted by atomic mass is 10.1. The monoisotopic (exact) mass is 297 g/mol. The zero-order chi connectivity index (χ0) is 14.3. The molecule has 1 aromatic heterocycles. The highest BCUT2D eigenvalue weighted by atomic mass is 32.1. The van der Waals surface area contributed by atoms with Crippen molar-refractivity contribution in [2.75, 3.05) is 19.7 Å². The van der Waals surface area contributed by atoms with Gasteiger partial charge in [0.15, 0.2) is 0 Å². The van der Waals surface area contributed by atoms with Crippen molar-refractivity contribution in [3.63, 3.8) is 0 Å². The lowest BCUT2D eigenvalue weighted by Gasteiger charge is -2.10. The Balaban J connectivity index is 1.44. The van der Waals surface area contributed by atoms with E-state index in [0.29, 0.717) is 6.61 Å². The van der Waals surface area contributed by atoms with Crippen LogP contribution in [0.25, 0.3) is 10.8 Å². The number of ether oxygens (including phenoxy) is 1. The summed E-state index contributed by atoms with van der Waals surface area (Å²) >= 11 is 1.75. The van der Waals surface area contributed by atoms with E-state index < -0.39 is 0 Å². The van der Waals surface area contributed by atoms with E-state index in [9.17, 15) is 0 Å². The van der Waals surface area contributed by atoms with Crippen molar-refractivity contribution in [1.82, 2.24) is 5.32 Å². The second-order valence-electron chi connectivity index (χ2n) is 4.96. The molecule has 0 aliphatic carbocycles. The SMILES string of the molecule is c1ccc2c(OCCNCCc3ccsc3)cccc2c1. The number of thiophene rings is 1. The Morgan fingerprint density at radius 3 is 2.76 bits per heavy atom. The molecule has 1 N–H and O–H groups in total. The van der Waals surface area contributed by atoms with Gasteiger partial charge in [-0.3, -0.25) is 0 Å². The molecule has 2 aromatic carbocycles. The number of nitrogens with one attached hydrogen (secondary N) is 1. The molecule has 21 heavy (non-hydrogen) atoms. The van der Waals surface area contributed by atoms with Crippen LogP contribution in [0.15, 0.2) is 59.3 Å². The Kier molecular flexibility index (Phi) is 4.87. The molecule has 0 saturated heterocycles. The first-order chi connectivity index (χ1) is 10.4. The summed E-state index contributed by atoms with van der Waals surface area (Å²) < 4.78 is 5.90. The van der Waals surface area contributed by atoms with Crippen LogP contribution >= 0.6 is 11.3 Å². The molecule has 108 valence electrons. The van der Waals surface area contributed by atoms with Gasteiger partial charge in [0.1, 0.15) is 12.4 Å². The van der Waals surface area contributed by atoms with E-state index in [0.717, 1.165) is 25.3 Å². The van der Waals surface area contributed by atoms with Crippen molar-refractivity contribution >= 4 is 22.1 Å². The van der Waals surface area contributed by atoms with Gasteiger partial charge in [-0.15, -0.1) is 0 Å². The minimum Gasteiger partial charge on any atom is -0.492 e. The van der Waals surface area contributed by atoms with E-state index in [4.69, 9.17) is 4.74 Å². The first-order valence-electron chi connectivity index (χ1n) is 7.26. The van der Waals surface area contributed by atoms with Gasteiger partial charge in [0.2, 0.25) is 0 Å². The third kappa shape index (κ3) is 3.84. The molecule has 0 atom stereocenters. The summed E-state index contributed by atoms with van der Waals surface area (Å²) in [5.41, 5.74) is 1.41. The molecule has 0 fully saturated rings. The zero-order valence-corrected chi connectivity index (χ0v) is 12.7. The second-order valence-corrected chi connectivity index (χ2v) is 5.74. The fourth-order valence-electron chi connectivity index (χ4n) is 2.35. The third-order valence-corrected chi connectivity index (χ3v) is 4.19. The summed E-state index contributed by atoms with van der Waals surface area (Å²) in [6.45, 7) is 2.56. The number of benzene rings is 2. The van der Waals surface area contributed by atoms with Crippen molar-refractivity contribution in [2.24, 2.45) is 0 Å². The van der Waals surface area contributed by atoms with E-state index in [1.807, 2.05) is 18.2 Å². The Hall–Kier alpha value is -1.84. The van der Waals surface area contributed by atoms with E-state index in [2.05, 4.69) is 46.4 Å². The van der Waals surface area contributed by atoms with Crippen molar-refractivity contribution in [3.8, 4) is 5.75 Å². The van der Waals surface area contributed by atoms with E-state index in [1.54, 1.807) is 11.3 Å². The summed E-state index contributed by atoms with van der Waals surface area (Å²) in [6, 6.07) is 16.7. The van der Waals surface area contributed by atoms with Gasteiger partial charge in [-0.05, 0) is 46.8 Å². The molecule has 3 rings (SSSR count). The summed E-state index contributed by atoms with van der Waals surface area (Å²) in [5.74, 6) is 0.965. The summed E-state index contributed by atoms with van der Waals surface area (Å²) in [7, 11) is 0.